The zero-order valence-corrected chi connectivity index (χ0v) is 9.22. The van der Waals surface area contributed by atoms with Gasteiger partial charge in [0.25, 0.3) is 6.43 Å². The Kier molecular flexibility index (Phi) is 3.90. The standard InChI is InChI=1S/C9H9F2IO/c1-6-4-7(2-3-8(6)12)13-5-9(10)11/h2-4,9H,5H2,1H3. The second-order valence-corrected chi connectivity index (χ2v) is 3.78. The zero-order chi connectivity index (χ0) is 9.84. The Balaban J connectivity index is 2.63. The molecule has 13 heavy (non-hydrogen) atoms. The Hall–Kier alpha value is -0.390. The maximum Gasteiger partial charge on any atom is 0.272 e. The molecule has 0 amide bonds. The van der Waals surface area contributed by atoms with Crippen LogP contribution in [0.15, 0.2) is 18.2 Å². The van der Waals surface area contributed by atoms with Gasteiger partial charge < -0.3 is 4.74 Å². The van der Waals surface area contributed by atoms with Crippen LogP contribution in [0, 0.1) is 10.5 Å². The number of alkyl halides is 2. The largest absolute Gasteiger partial charge is 0.488 e. The highest BCUT2D eigenvalue weighted by atomic mass is 127. The minimum atomic E-state index is -2.42. The Morgan fingerprint density at radius 1 is 1.46 bits per heavy atom. The number of benzene rings is 1. The summed E-state index contributed by atoms with van der Waals surface area (Å²) in [6.07, 6.45) is -2.42. The molecule has 0 fully saturated rings. The molecule has 0 saturated heterocycles. The third kappa shape index (κ3) is 3.46. The van der Waals surface area contributed by atoms with Crippen molar-refractivity contribution in [2.24, 2.45) is 0 Å². The molecule has 1 aromatic rings. The second kappa shape index (κ2) is 4.74. The molecule has 0 aliphatic carbocycles. The number of ether oxygens (including phenoxy) is 1. The van der Waals surface area contributed by atoms with Crippen LogP contribution in [0.1, 0.15) is 5.56 Å². The average Bonchev–Trinajstić information content (AvgIpc) is 2.07. The maximum atomic E-state index is 11.8. The molecule has 0 saturated carbocycles. The van der Waals surface area contributed by atoms with Gasteiger partial charge in [-0.15, -0.1) is 0 Å². The van der Waals surface area contributed by atoms with E-state index < -0.39 is 13.0 Å². The minimum Gasteiger partial charge on any atom is -0.488 e. The Labute approximate surface area is 89.2 Å². The van der Waals surface area contributed by atoms with Gasteiger partial charge in [0, 0.05) is 3.57 Å². The fourth-order valence-electron chi connectivity index (χ4n) is 0.866. The number of halogens is 3. The van der Waals surface area contributed by atoms with E-state index in [1.807, 2.05) is 13.0 Å². The molecule has 0 aliphatic heterocycles. The van der Waals surface area contributed by atoms with Crippen LogP contribution in [0.2, 0.25) is 0 Å². The molecule has 72 valence electrons. The summed E-state index contributed by atoms with van der Waals surface area (Å²) < 4.78 is 29.5. The predicted octanol–water partition coefficient (Wildman–Crippen LogP) is 3.24. The minimum absolute atomic E-state index is 0.498. The molecular weight excluding hydrogens is 289 g/mol. The van der Waals surface area contributed by atoms with Gasteiger partial charge in [-0.3, -0.25) is 0 Å². The molecule has 0 spiro atoms. The lowest BCUT2D eigenvalue weighted by Gasteiger charge is -2.06. The van der Waals surface area contributed by atoms with Gasteiger partial charge >= 0.3 is 0 Å². The van der Waals surface area contributed by atoms with Crippen LogP contribution in [-0.4, -0.2) is 13.0 Å². The first-order valence-electron chi connectivity index (χ1n) is 3.76. The third-order valence-corrected chi connectivity index (χ3v) is 2.72. The fourth-order valence-corrected chi connectivity index (χ4v) is 1.20. The van der Waals surface area contributed by atoms with E-state index >= 15 is 0 Å². The van der Waals surface area contributed by atoms with E-state index in [2.05, 4.69) is 22.6 Å². The topological polar surface area (TPSA) is 9.23 Å². The van der Waals surface area contributed by atoms with Gasteiger partial charge in [-0.1, -0.05) is 0 Å². The summed E-state index contributed by atoms with van der Waals surface area (Å²) >= 11 is 2.18. The van der Waals surface area contributed by atoms with Crippen molar-refractivity contribution in [3.63, 3.8) is 0 Å². The van der Waals surface area contributed by atoms with Gasteiger partial charge in [0.1, 0.15) is 12.4 Å². The van der Waals surface area contributed by atoms with Gasteiger partial charge in [0.05, 0.1) is 0 Å². The molecular formula is C9H9F2IO. The van der Waals surface area contributed by atoms with Crippen LogP contribution in [0.25, 0.3) is 0 Å². The smallest absolute Gasteiger partial charge is 0.272 e. The van der Waals surface area contributed by atoms with Crippen molar-refractivity contribution in [2.45, 2.75) is 13.3 Å². The summed E-state index contributed by atoms with van der Waals surface area (Å²) in [5.74, 6) is 0.498. The van der Waals surface area contributed by atoms with Crippen molar-refractivity contribution in [2.75, 3.05) is 6.61 Å². The van der Waals surface area contributed by atoms with E-state index in [1.54, 1.807) is 12.1 Å². The molecule has 0 atom stereocenters. The molecule has 1 rings (SSSR count). The lowest BCUT2D eigenvalue weighted by atomic mass is 10.2. The highest BCUT2D eigenvalue weighted by Gasteiger charge is 2.04. The van der Waals surface area contributed by atoms with Crippen molar-refractivity contribution in [1.29, 1.82) is 0 Å². The first-order valence-corrected chi connectivity index (χ1v) is 4.84. The lowest BCUT2D eigenvalue weighted by molar-refractivity contribution is 0.0818. The van der Waals surface area contributed by atoms with Gasteiger partial charge in [0.15, 0.2) is 0 Å². The first-order chi connectivity index (χ1) is 6.09. The van der Waals surface area contributed by atoms with Crippen molar-refractivity contribution in [3.05, 3.63) is 27.3 Å². The predicted molar refractivity (Wildman–Crippen MR) is 55.4 cm³/mol. The monoisotopic (exact) mass is 298 g/mol. The molecule has 0 heterocycles. The van der Waals surface area contributed by atoms with Crippen LogP contribution < -0.4 is 4.74 Å². The average molecular weight is 298 g/mol. The highest BCUT2D eigenvalue weighted by molar-refractivity contribution is 14.1. The fraction of sp³-hybridized carbons (Fsp3) is 0.333. The van der Waals surface area contributed by atoms with Gasteiger partial charge in [-0.05, 0) is 53.3 Å². The first kappa shape index (κ1) is 10.7. The highest BCUT2D eigenvalue weighted by Crippen LogP contribution is 2.18. The van der Waals surface area contributed by atoms with Crippen LogP contribution >= 0.6 is 22.6 Å². The maximum absolute atomic E-state index is 11.8. The van der Waals surface area contributed by atoms with Crippen LogP contribution in [0.5, 0.6) is 5.75 Å². The number of hydrogen-bond acceptors (Lipinski definition) is 1. The molecule has 1 nitrogen and oxygen atoms in total. The van der Waals surface area contributed by atoms with Crippen LogP contribution in [0.3, 0.4) is 0 Å². The molecule has 0 aromatic heterocycles. The lowest BCUT2D eigenvalue weighted by Crippen LogP contribution is -2.06. The molecule has 4 heteroatoms. The van der Waals surface area contributed by atoms with Crippen molar-refractivity contribution >= 4 is 22.6 Å². The van der Waals surface area contributed by atoms with Crippen molar-refractivity contribution in [3.8, 4) is 5.75 Å². The van der Waals surface area contributed by atoms with E-state index in [1.165, 1.54) is 0 Å². The summed E-state index contributed by atoms with van der Waals surface area (Å²) in [5, 5.41) is 0. The van der Waals surface area contributed by atoms with E-state index in [0.29, 0.717) is 5.75 Å². The summed E-state index contributed by atoms with van der Waals surface area (Å²) in [6, 6.07) is 5.29. The summed E-state index contributed by atoms with van der Waals surface area (Å²) in [5.41, 5.74) is 1.03. The molecule has 0 unspecified atom stereocenters. The van der Waals surface area contributed by atoms with E-state index in [-0.39, 0.29) is 0 Å². The van der Waals surface area contributed by atoms with Gasteiger partial charge in [-0.2, -0.15) is 0 Å². The van der Waals surface area contributed by atoms with E-state index in [4.69, 9.17) is 4.74 Å². The molecule has 0 aliphatic rings. The number of aryl methyl sites for hydroxylation is 1. The SMILES string of the molecule is Cc1cc(OCC(F)F)ccc1I. The number of hydrogen-bond donors (Lipinski definition) is 0. The molecule has 0 N–H and O–H groups in total. The van der Waals surface area contributed by atoms with Crippen molar-refractivity contribution in [1.82, 2.24) is 0 Å². The van der Waals surface area contributed by atoms with Crippen LogP contribution in [0.4, 0.5) is 8.78 Å². The third-order valence-electron chi connectivity index (χ3n) is 1.51. The molecule has 0 radical (unpaired) electrons. The Morgan fingerprint density at radius 2 is 2.15 bits per heavy atom. The number of rotatable bonds is 3. The Bertz CT molecular complexity index is 289. The Morgan fingerprint density at radius 3 is 2.69 bits per heavy atom. The van der Waals surface area contributed by atoms with E-state index in [0.717, 1.165) is 9.13 Å². The summed E-state index contributed by atoms with van der Waals surface area (Å²) in [7, 11) is 0. The molecule has 1 aromatic carbocycles. The summed E-state index contributed by atoms with van der Waals surface area (Å²) in [4.78, 5) is 0. The molecule has 0 bridgehead atoms. The van der Waals surface area contributed by atoms with Gasteiger partial charge in [-0.25, -0.2) is 8.78 Å². The van der Waals surface area contributed by atoms with Gasteiger partial charge in [0.2, 0.25) is 0 Å². The normalized spacial score (nSPS) is 10.5. The summed E-state index contributed by atoms with van der Waals surface area (Å²) in [6.45, 7) is 1.37. The zero-order valence-electron chi connectivity index (χ0n) is 7.06. The van der Waals surface area contributed by atoms with Crippen LogP contribution in [-0.2, 0) is 0 Å². The quantitative estimate of drug-likeness (QED) is 0.778. The second-order valence-electron chi connectivity index (χ2n) is 2.61. The van der Waals surface area contributed by atoms with E-state index in [9.17, 15) is 8.78 Å². The van der Waals surface area contributed by atoms with Crippen molar-refractivity contribution < 1.29 is 13.5 Å².